The van der Waals surface area contributed by atoms with E-state index in [9.17, 15) is 4.79 Å². The third-order valence-corrected chi connectivity index (χ3v) is 3.34. The van der Waals surface area contributed by atoms with E-state index in [1.165, 1.54) is 0 Å². The minimum Gasteiger partial charge on any atom is -0.307 e. The van der Waals surface area contributed by atoms with Gasteiger partial charge >= 0.3 is 0 Å². The molecule has 3 rings (SSSR count). The van der Waals surface area contributed by atoms with Gasteiger partial charge in [0.1, 0.15) is 5.82 Å². The highest BCUT2D eigenvalue weighted by atomic mass is 16.1. The highest BCUT2D eigenvalue weighted by Crippen LogP contribution is 2.21. The van der Waals surface area contributed by atoms with Gasteiger partial charge in [0, 0.05) is 17.9 Å². The largest absolute Gasteiger partial charge is 0.307 e. The molecule has 0 bridgehead atoms. The first-order chi connectivity index (χ1) is 10.6. The molecule has 0 atom stereocenters. The van der Waals surface area contributed by atoms with E-state index in [1.54, 1.807) is 30.6 Å². The van der Waals surface area contributed by atoms with Gasteiger partial charge in [-0.2, -0.15) is 5.10 Å². The predicted octanol–water partition coefficient (Wildman–Crippen LogP) is 2.97. The molecular weight excluding hydrogens is 278 g/mol. The highest BCUT2D eigenvalue weighted by molar-refractivity contribution is 6.11. The fraction of sp³-hybridized carbons (Fsp3) is 0.250. The lowest BCUT2D eigenvalue weighted by atomic mass is 10.1. The number of fused-ring (bicyclic) bond motifs is 1. The lowest BCUT2D eigenvalue weighted by molar-refractivity contribution is 0.102. The molecule has 0 unspecified atom stereocenters. The normalized spacial score (nSPS) is 11.1. The molecule has 0 aliphatic heterocycles. The van der Waals surface area contributed by atoms with Crippen molar-refractivity contribution in [1.29, 1.82) is 0 Å². The zero-order valence-electron chi connectivity index (χ0n) is 12.7. The number of amides is 1. The minimum absolute atomic E-state index is 0.179. The smallest absolute Gasteiger partial charge is 0.257 e. The first-order valence-corrected chi connectivity index (χ1v) is 7.13. The van der Waals surface area contributed by atoms with Crippen molar-refractivity contribution in [2.45, 2.75) is 26.8 Å². The first kappa shape index (κ1) is 14.2. The second-order valence-corrected chi connectivity index (χ2v) is 5.40. The van der Waals surface area contributed by atoms with Crippen LogP contribution in [0.4, 0.5) is 5.82 Å². The summed E-state index contributed by atoms with van der Waals surface area (Å²) in [6.45, 7) is 5.93. The molecule has 0 spiro atoms. The number of nitrogens with zero attached hydrogens (tertiary/aromatic N) is 4. The third kappa shape index (κ3) is 2.55. The number of aryl methyl sites for hydroxylation is 1. The molecule has 22 heavy (non-hydrogen) atoms. The summed E-state index contributed by atoms with van der Waals surface area (Å²) in [5.74, 6) is 0.309. The minimum atomic E-state index is -0.211. The number of anilines is 1. The number of aromatic nitrogens is 4. The molecule has 3 aromatic heterocycles. The van der Waals surface area contributed by atoms with Crippen LogP contribution in [0.3, 0.4) is 0 Å². The van der Waals surface area contributed by atoms with Gasteiger partial charge < -0.3 is 5.32 Å². The second kappa shape index (κ2) is 5.55. The summed E-state index contributed by atoms with van der Waals surface area (Å²) in [5.41, 5.74) is 2.06. The van der Waals surface area contributed by atoms with E-state index in [-0.39, 0.29) is 11.9 Å². The van der Waals surface area contributed by atoms with Crippen LogP contribution in [0.15, 0.2) is 36.7 Å². The molecule has 0 aliphatic rings. The van der Waals surface area contributed by atoms with Crippen LogP contribution in [-0.2, 0) is 0 Å². The van der Waals surface area contributed by atoms with E-state index in [4.69, 9.17) is 0 Å². The molecule has 112 valence electrons. The maximum Gasteiger partial charge on any atom is 0.257 e. The van der Waals surface area contributed by atoms with Crippen molar-refractivity contribution in [3.8, 4) is 0 Å². The number of rotatable bonds is 3. The van der Waals surface area contributed by atoms with Crippen molar-refractivity contribution < 1.29 is 4.79 Å². The van der Waals surface area contributed by atoms with Crippen LogP contribution in [0, 0.1) is 6.92 Å². The fourth-order valence-corrected chi connectivity index (χ4v) is 2.33. The maximum atomic E-state index is 12.5. The number of hydrogen-bond acceptors (Lipinski definition) is 4. The molecule has 6 heteroatoms. The Hall–Kier alpha value is -2.76. The molecule has 0 fully saturated rings. The molecular formula is C16H17N5O. The Balaban J connectivity index is 2.05. The van der Waals surface area contributed by atoms with Crippen molar-refractivity contribution in [3.05, 3.63) is 47.9 Å². The lowest BCUT2D eigenvalue weighted by Gasteiger charge is -2.09. The molecule has 0 radical (unpaired) electrons. The summed E-state index contributed by atoms with van der Waals surface area (Å²) in [6, 6.07) is 7.33. The van der Waals surface area contributed by atoms with Crippen molar-refractivity contribution in [1.82, 2.24) is 19.7 Å². The summed E-state index contributed by atoms with van der Waals surface area (Å²) >= 11 is 0. The average molecular weight is 295 g/mol. The van der Waals surface area contributed by atoms with E-state index in [0.717, 1.165) is 16.7 Å². The van der Waals surface area contributed by atoms with E-state index >= 15 is 0 Å². The van der Waals surface area contributed by atoms with Gasteiger partial charge in [0.25, 0.3) is 5.91 Å². The van der Waals surface area contributed by atoms with Crippen LogP contribution in [0.2, 0.25) is 0 Å². The van der Waals surface area contributed by atoms with Crippen molar-refractivity contribution >= 4 is 22.8 Å². The second-order valence-electron chi connectivity index (χ2n) is 5.40. The van der Waals surface area contributed by atoms with Crippen LogP contribution in [0.25, 0.3) is 11.0 Å². The summed E-state index contributed by atoms with van der Waals surface area (Å²) in [6.07, 6.45) is 3.33. The molecule has 0 saturated heterocycles. The molecule has 0 aromatic carbocycles. The van der Waals surface area contributed by atoms with Crippen LogP contribution >= 0.6 is 0 Å². The van der Waals surface area contributed by atoms with E-state index in [1.807, 2.05) is 31.5 Å². The summed E-state index contributed by atoms with van der Waals surface area (Å²) in [5, 5.41) is 7.89. The van der Waals surface area contributed by atoms with Crippen molar-refractivity contribution in [2.75, 3.05) is 5.32 Å². The monoisotopic (exact) mass is 295 g/mol. The number of hydrogen-bond donors (Lipinski definition) is 1. The molecule has 1 amide bonds. The quantitative estimate of drug-likeness (QED) is 0.806. The Labute approximate surface area is 128 Å². The Morgan fingerprint density at radius 1 is 1.32 bits per heavy atom. The molecule has 0 aliphatic carbocycles. The van der Waals surface area contributed by atoms with E-state index in [2.05, 4.69) is 20.4 Å². The van der Waals surface area contributed by atoms with E-state index in [0.29, 0.717) is 11.4 Å². The average Bonchev–Trinajstić information content (AvgIpc) is 2.91. The Morgan fingerprint density at radius 2 is 2.14 bits per heavy atom. The summed E-state index contributed by atoms with van der Waals surface area (Å²) < 4.78 is 1.82. The third-order valence-electron chi connectivity index (χ3n) is 3.34. The SMILES string of the molecule is Cc1cc(C(=O)Nc2ccccn2)c2cnn(C(C)C)c2n1. The Kier molecular flexibility index (Phi) is 3.58. The fourth-order valence-electron chi connectivity index (χ4n) is 2.33. The molecule has 0 saturated carbocycles. The zero-order valence-corrected chi connectivity index (χ0v) is 12.7. The Bertz CT molecular complexity index is 823. The number of carbonyl (C=O) groups is 1. The van der Waals surface area contributed by atoms with E-state index < -0.39 is 0 Å². The van der Waals surface area contributed by atoms with Gasteiger partial charge in [0.15, 0.2) is 5.65 Å². The zero-order chi connectivity index (χ0) is 15.7. The van der Waals surface area contributed by atoms with Crippen LogP contribution < -0.4 is 5.32 Å². The number of pyridine rings is 2. The number of nitrogens with one attached hydrogen (secondary N) is 1. The van der Waals surface area contributed by atoms with Gasteiger partial charge in [-0.25, -0.2) is 14.6 Å². The van der Waals surface area contributed by atoms with Crippen LogP contribution in [-0.4, -0.2) is 25.7 Å². The van der Waals surface area contributed by atoms with Gasteiger partial charge in [0.2, 0.25) is 0 Å². The van der Waals surface area contributed by atoms with Gasteiger partial charge in [-0.15, -0.1) is 0 Å². The van der Waals surface area contributed by atoms with Gasteiger partial charge in [-0.05, 0) is 39.0 Å². The molecule has 6 nitrogen and oxygen atoms in total. The van der Waals surface area contributed by atoms with Gasteiger partial charge in [0.05, 0.1) is 17.1 Å². The predicted molar refractivity (Wildman–Crippen MR) is 84.8 cm³/mol. The van der Waals surface area contributed by atoms with Crippen LogP contribution in [0.5, 0.6) is 0 Å². The van der Waals surface area contributed by atoms with Crippen LogP contribution in [0.1, 0.15) is 35.9 Å². The topological polar surface area (TPSA) is 72.7 Å². The molecule has 3 heterocycles. The Morgan fingerprint density at radius 3 is 2.82 bits per heavy atom. The lowest BCUT2D eigenvalue weighted by Crippen LogP contribution is -2.14. The standard InChI is InChI=1S/C16H17N5O/c1-10(2)21-15-13(9-18-21)12(8-11(3)19-15)16(22)20-14-6-4-5-7-17-14/h4-10H,1-3H3,(H,17,20,22). The molecule has 1 N–H and O–H groups in total. The number of carbonyl (C=O) groups excluding carboxylic acids is 1. The van der Waals surface area contributed by atoms with Crippen molar-refractivity contribution in [2.24, 2.45) is 0 Å². The highest BCUT2D eigenvalue weighted by Gasteiger charge is 2.17. The first-order valence-electron chi connectivity index (χ1n) is 7.13. The van der Waals surface area contributed by atoms with Crippen molar-refractivity contribution in [3.63, 3.8) is 0 Å². The molecule has 3 aromatic rings. The summed E-state index contributed by atoms with van der Waals surface area (Å²) in [7, 11) is 0. The van der Waals surface area contributed by atoms with Gasteiger partial charge in [-0.3, -0.25) is 4.79 Å². The summed E-state index contributed by atoms with van der Waals surface area (Å²) in [4.78, 5) is 21.2. The van der Waals surface area contributed by atoms with Gasteiger partial charge in [-0.1, -0.05) is 6.07 Å². The maximum absolute atomic E-state index is 12.5.